The second-order valence-corrected chi connectivity index (χ2v) is 7.81. The SMILES string of the molecule is CCC(O)(c1cc(C2CNc3ncc(-c4cnn(C)c4)cc32)no1)c1ccccc1F. The Morgan fingerprint density at radius 1 is 1.26 bits per heavy atom. The van der Waals surface area contributed by atoms with Gasteiger partial charge < -0.3 is 14.9 Å². The lowest BCUT2D eigenvalue weighted by atomic mass is 9.87. The van der Waals surface area contributed by atoms with Crippen molar-refractivity contribution in [3.8, 4) is 11.1 Å². The number of anilines is 1. The molecule has 8 heteroatoms. The molecule has 31 heavy (non-hydrogen) atoms. The molecule has 7 nitrogen and oxygen atoms in total. The van der Waals surface area contributed by atoms with E-state index in [1.54, 1.807) is 42.1 Å². The molecular formula is C23H22FN5O2. The highest BCUT2D eigenvalue weighted by atomic mass is 19.1. The summed E-state index contributed by atoms with van der Waals surface area (Å²) in [6.45, 7) is 2.39. The van der Waals surface area contributed by atoms with Crippen LogP contribution in [0.5, 0.6) is 0 Å². The van der Waals surface area contributed by atoms with E-state index in [0.717, 1.165) is 22.5 Å². The van der Waals surface area contributed by atoms with Gasteiger partial charge in [-0.05, 0) is 18.6 Å². The van der Waals surface area contributed by atoms with E-state index in [4.69, 9.17) is 4.52 Å². The third kappa shape index (κ3) is 3.19. The van der Waals surface area contributed by atoms with Gasteiger partial charge >= 0.3 is 0 Å². The minimum Gasteiger partial charge on any atom is -0.377 e. The first-order valence-electron chi connectivity index (χ1n) is 10.2. The summed E-state index contributed by atoms with van der Waals surface area (Å²) in [7, 11) is 1.87. The van der Waals surface area contributed by atoms with E-state index in [1.807, 2.05) is 19.4 Å². The van der Waals surface area contributed by atoms with Gasteiger partial charge in [-0.3, -0.25) is 4.68 Å². The van der Waals surface area contributed by atoms with E-state index in [-0.39, 0.29) is 23.7 Å². The number of nitrogens with zero attached hydrogens (tertiary/aromatic N) is 4. The number of aliphatic hydroxyl groups is 1. The molecule has 0 radical (unpaired) electrons. The lowest BCUT2D eigenvalue weighted by molar-refractivity contribution is 0.0428. The Morgan fingerprint density at radius 3 is 2.84 bits per heavy atom. The maximum atomic E-state index is 14.4. The van der Waals surface area contributed by atoms with Crippen LogP contribution in [0.15, 0.2) is 59.5 Å². The highest BCUT2D eigenvalue weighted by Crippen LogP contribution is 2.40. The first kappa shape index (κ1) is 19.4. The minimum absolute atomic E-state index is 0.0988. The van der Waals surface area contributed by atoms with Crippen LogP contribution in [-0.2, 0) is 12.6 Å². The monoisotopic (exact) mass is 419 g/mol. The third-order valence-electron chi connectivity index (χ3n) is 5.93. The van der Waals surface area contributed by atoms with Crippen molar-refractivity contribution in [2.24, 2.45) is 7.05 Å². The molecule has 0 fully saturated rings. The van der Waals surface area contributed by atoms with Crippen molar-refractivity contribution in [3.63, 3.8) is 0 Å². The Morgan fingerprint density at radius 2 is 2.10 bits per heavy atom. The topological polar surface area (TPSA) is 89.0 Å². The van der Waals surface area contributed by atoms with Crippen molar-refractivity contribution >= 4 is 5.82 Å². The Labute approximate surface area is 178 Å². The standard InChI is InChI=1S/C23H22FN5O2/c1-3-23(30,18-6-4-5-7-19(18)24)21-9-20(28-31-21)17-12-26-22-16(17)8-14(10-25-22)15-11-27-29(2)13-15/h4-11,13,17,30H,3,12H2,1-2H3,(H,25,26). The zero-order chi connectivity index (χ0) is 21.6. The summed E-state index contributed by atoms with van der Waals surface area (Å²) in [6, 6.07) is 9.97. The summed E-state index contributed by atoms with van der Waals surface area (Å²) < 4.78 is 21.7. The van der Waals surface area contributed by atoms with Crippen molar-refractivity contribution in [2.75, 3.05) is 11.9 Å². The van der Waals surface area contributed by atoms with Crippen LogP contribution in [0, 0.1) is 5.82 Å². The second-order valence-electron chi connectivity index (χ2n) is 7.81. The van der Waals surface area contributed by atoms with Gasteiger partial charge in [0.25, 0.3) is 0 Å². The molecule has 3 aromatic heterocycles. The van der Waals surface area contributed by atoms with E-state index >= 15 is 0 Å². The van der Waals surface area contributed by atoms with Gasteiger partial charge in [-0.2, -0.15) is 5.10 Å². The molecule has 0 aliphatic carbocycles. The number of benzene rings is 1. The molecule has 1 aliphatic rings. The van der Waals surface area contributed by atoms with Gasteiger partial charge in [0.15, 0.2) is 11.4 Å². The van der Waals surface area contributed by atoms with Crippen LogP contribution in [0.2, 0.25) is 0 Å². The number of aryl methyl sites for hydroxylation is 1. The lowest BCUT2D eigenvalue weighted by Gasteiger charge is -2.24. The number of hydrogen-bond donors (Lipinski definition) is 2. The quantitative estimate of drug-likeness (QED) is 0.511. The van der Waals surface area contributed by atoms with Crippen molar-refractivity contribution in [1.82, 2.24) is 19.9 Å². The Kier molecular flexibility index (Phi) is 4.59. The van der Waals surface area contributed by atoms with Crippen molar-refractivity contribution in [3.05, 3.63) is 83.4 Å². The molecule has 4 heterocycles. The summed E-state index contributed by atoms with van der Waals surface area (Å²) in [5.74, 6) is 0.434. The molecule has 0 saturated heterocycles. The number of rotatable bonds is 5. The maximum absolute atomic E-state index is 14.4. The van der Waals surface area contributed by atoms with Crippen molar-refractivity contribution < 1.29 is 14.0 Å². The van der Waals surface area contributed by atoms with Crippen molar-refractivity contribution in [1.29, 1.82) is 0 Å². The van der Waals surface area contributed by atoms with Gasteiger partial charge in [0.2, 0.25) is 0 Å². The van der Waals surface area contributed by atoms with Gasteiger partial charge in [-0.25, -0.2) is 9.37 Å². The Balaban J connectivity index is 1.51. The van der Waals surface area contributed by atoms with Gasteiger partial charge in [0.05, 0.1) is 17.8 Å². The van der Waals surface area contributed by atoms with Gasteiger partial charge in [0.1, 0.15) is 11.6 Å². The first-order chi connectivity index (χ1) is 15.0. The van der Waals surface area contributed by atoms with E-state index in [0.29, 0.717) is 12.2 Å². The fraction of sp³-hybridized carbons (Fsp3) is 0.261. The highest BCUT2D eigenvalue weighted by Gasteiger charge is 2.38. The molecule has 158 valence electrons. The van der Waals surface area contributed by atoms with Gasteiger partial charge in [-0.15, -0.1) is 0 Å². The number of fused-ring (bicyclic) bond motifs is 1. The summed E-state index contributed by atoms with van der Waals surface area (Å²) in [4.78, 5) is 4.55. The van der Waals surface area contributed by atoms with E-state index in [1.165, 1.54) is 6.07 Å². The van der Waals surface area contributed by atoms with Crippen LogP contribution in [0.4, 0.5) is 10.2 Å². The summed E-state index contributed by atoms with van der Waals surface area (Å²) in [6.07, 6.45) is 5.79. The average molecular weight is 419 g/mol. The van der Waals surface area contributed by atoms with Gasteiger partial charge in [-0.1, -0.05) is 30.3 Å². The molecule has 1 aromatic carbocycles. The van der Waals surface area contributed by atoms with E-state index in [2.05, 4.69) is 26.6 Å². The molecule has 5 rings (SSSR count). The smallest absolute Gasteiger partial charge is 0.173 e. The van der Waals surface area contributed by atoms with E-state index < -0.39 is 11.4 Å². The molecule has 4 aromatic rings. The highest BCUT2D eigenvalue weighted by molar-refractivity contribution is 5.67. The summed E-state index contributed by atoms with van der Waals surface area (Å²) in [5, 5.41) is 23.0. The molecule has 2 N–H and O–H groups in total. The number of nitrogens with one attached hydrogen (secondary N) is 1. The predicted octanol–water partition coefficient (Wildman–Crippen LogP) is 3.81. The molecule has 2 unspecified atom stereocenters. The fourth-order valence-electron chi connectivity index (χ4n) is 4.14. The molecule has 2 atom stereocenters. The van der Waals surface area contributed by atoms with E-state index in [9.17, 15) is 9.50 Å². The summed E-state index contributed by atoms with van der Waals surface area (Å²) in [5.41, 5.74) is 2.17. The number of pyridine rings is 1. The average Bonchev–Trinajstić information content (AvgIpc) is 3.52. The van der Waals surface area contributed by atoms with Crippen LogP contribution in [0.1, 0.15) is 41.8 Å². The minimum atomic E-state index is -1.60. The second kappa shape index (κ2) is 7.31. The lowest BCUT2D eigenvalue weighted by Crippen LogP contribution is -2.27. The summed E-state index contributed by atoms with van der Waals surface area (Å²) >= 11 is 0. The normalized spacial score (nSPS) is 17.2. The third-order valence-corrected chi connectivity index (χ3v) is 5.93. The van der Waals surface area contributed by atoms with Crippen LogP contribution in [-0.4, -0.2) is 31.6 Å². The zero-order valence-corrected chi connectivity index (χ0v) is 17.2. The Bertz CT molecular complexity index is 1250. The predicted molar refractivity (Wildman–Crippen MR) is 113 cm³/mol. The zero-order valence-electron chi connectivity index (χ0n) is 17.2. The maximum Gasteiger partial charge on any atom is 0.173 e. The molecule has 0 spiro atoms. The molecular weight excluding hydrogens is 397 g/mol. The number of hydrogen-bond acceptors (Lipinski definition) is 6. The Hall–Kier alpha value is -3.52. The molecule has 0 amide bonds. The number of halogens is 1. The first-order valence-corrected chi connectivity index (χ1v) is 10.2. The largest absolute Gasteiger partial charge is 0.377 e. The molecule has 1 aliphatic heterocycles. The van der Waals surface area contributed by atoms with Crippen molar-refractivity contribution in [2.45, 2.75) is 24.9 Å². The number of aromatic nitrogens is 4. The van der Waals surface area contributed by atoms with Crippen LogP contribution in [0.25, 0.3) is 11.1 Å². The molecule has 0 bridgehead atoms. The van der Waals surface area contributed by atoms with Crippen LogP contribution >= 0.6 is 0 Å². The fourth-order valence-corrected chi connectivity index (χ4v) is 4.14. The molecule has 0 saturated carbocycles. The van der Waals surface area contributed by atoms with Crippen LogP contribution < -0.4 is 5.32 Å². The van der Waals surface area contributed by atoms with Crippen LogP contribution in [0.3, 0.4) is 0 Å². The van der Waals surface area contributed by atoms with Gasteiger partial charge in [0, 0.05) is 54.3 Å².